The van der Waals surface area contributed by atoms with E-state index in [1.165, 1.54) is 7.11 Å². The molecule has 1 heterocycles. The van der Waals surface area contributed by atoms with Gasteiger partial charge in [-0.1, -0.05) is 49.6 Å². The quantitative estimate of drug-likeness (QED) is 0.730. The predicted molar refractivity (Wildman–Crippen MR) is 89.8 cm³/mol. The van der Waals surface area contributed by atoms with Crippen molar-refractivity contribution in [1.29, 1.82) is 0 Å². The van der Waals surface area contributed by atoms with Gasteiger partial charge in [-0.15, -0.1) is 0 Å². The molecule has 1 aliphatic heterocycles. The average Bonchev–Trinajstić information content (AvgIpc) is 3.13. The van der Waals surface area contributed by atoms with Crippen LogP contribution in [0.5, 0.6) is 0 Å². The summed E-state index contributed by atoms with van der Waals surface area (Å²) in [6.07, 6.45) is 4.89. The van der Waals surface area contributed by atoms with E-state index in [4.69, 9.17) is 4.74 Å². The van der Waals surface area contributed by atoms with Crippen molar-refractivity contribution in [3.8, 4) is 0 Å². The zero-order valence-electron chi connectivity index (χ0n) is 14.0. The fourth-order valence-electron chi connectivity index (χ4n) is 3.69. The van der Waals surface area contributed by atoms with Crippen molar-refractivity contribution in [2.24, 2.45) is 0 Å². The number of carbonyl (C=O) groups excluding carboxylic acids is 2. The van der Waals surface area contributed by atoms with E-state index in [-0.39, 0.29) is 24.0 Å². The normalized spacial score (nSPS) is 25.9. The van der Waals surface area contributed by atoms with Crippen molar-refractivity contribution in [2.75, 3.05) is 7.11 Å². The topological polar surface area (TPSA) is 79.5 Å². The molecule has 2 fully saturated rings. The van der Waals surface area contributed by atoms with Crippen molar-refractivity contribution in [1.82, 2.24) is 16.2 Å². The number of ether oxygens (including phenoxy) is 1. The molecule has 0 spiro atoms. The molecule has 6 heteroatoms. The molecular formula is C18H25N3O3. The summed E-state index contributed by atoms with van der Waals surface area (Å²) in [6.45, 7) is 0. The van der Waals surface area contributed by atoms with Crippen LogP contribution in [0.4, 0.5) is 0 Å². The van der Waals surface area contributed by atoms with Crippen LogP contribution in [0.15, 0.2) is 30.3 Å². The first-order chi connectivity index (χ1) is 11.6. The van der Waals surface area contributed by atoms with Crippen molar-refractivity contribution in [3.63, 3.8) is 0 Å². The largest absolute Gasteiger partial charge is 0.467 e. The molecule has 3 rings (SSSR count). The Morgan fingerprint density at radius 2 is 1.83 bits per heavy atom. The molecule has 1 saturated carbocycles. The smallest absolute Gasteiger partial charge is 0.331 e. The molecule has 2 unspecified atom stereocenters. The molecule has 0 radical (unpaired) electrons. The highest BCUT2D eigenvalue weighted by atomic mass is 16.5. The van der Waals surface area contributed by atoms with Crippen LogP contribution in [0.25, 0.3) is 0 Å². The molecule has 1 aliphatic carbocycles. The monoisotopic (exact) mass is 331 g/mol. The highest BCUT2D eigenvalue weighted by Crippen LogP contribution is 2.30. The molecule has 0 aromatic heterocycles. The third-order valence-electron chi connectivity index (χ3n) is 5.07. The third-order valence-corrected chi connectivity index (χ3v) is 5.07. The Bertz CT molecular complexity index is 584. The van der Waals surface area contributed by atoms with Gasteiger partial charge in [0, 0.05) is 6.04 Å². The minimum Gasteiger partial charge on any atom is -0.467 e. The maximum Gasteiger partial charge on any atom is 0.331 e. The Morgan fingerprint density at radius 1 is 1.12 bits per heavy atom. The molecular weight excluding hydrogens is 306 g/mol. The summed E-state index contributed by atoms with van der Waals surface area (Å²) in [5, 5.41) is 2.98. The van der Waals surface area contributed by atoms with Crippen LogP contribution < -0.4 is 16.2 Å². The van der Waals surface area contributed by atoms with Gasteiger partial charge in [0.15, 0.2) is 0 Å². The van der Waals surface area contributed by atoms with Gasteiger partial charge in [0.1, 0.15) is 11.6 Å². The van der Waals surface area contributed by atoms with Crippen LogP contribution in [0.3, 0.4) is 0 Å². The van der Waals surface area contributed by atoms with Crippen LogP contribution in [0.2, 0.25) is 0 Å². The first kappa shape index (κ1) is 16.9. The minimum atomic E-state index is -0.864. The van der Waals surface area contributed by atoms with Gasteiger partial charge in [0.05, 0.1) is 7.11 Å². The Kier molecular flexibility index (Phi) is 5.16. The first-order valence-corrected chi connectivity index (χ1v) is 8.61. The second-order valence-electron chi connectivity index (χ2n) is 6.66. The molecule has 2 aliphatic rings. The van der Waals surface area contributed by atoms with Crippen LogP contribution in [0.1, 0.15) is 50.1 Å². The van der Waals surface area contributed by atoms with Gasteiger partial charge in [0.2, 0.25) is 5.91 Å². The molecule has 2 atom stereocenters. The summed E-state index contributed by atoms with van der Waals surface area (Å²) in [4.78, 5) is 24.9. The van der Waals surface area contributed by atoms with Gasteiger partial charge >= 0.3 is 5.97 Å². The summed E-state index contributed by atoms with van der Waals surface area (Å²) in [7, 11) is 1.38. The summed E-state index contributed by atoms with van der Waals surface area (Å²) in [5.41, 5.74) is 6.50. The van der Waals surface area contributed by atoms with Gasteiger partial charge in [-0.3, -0.25) is 4.79 Å². The van der Waals surface area contributed by atoms with E-state index in [0.717, 1.165) is 24.8 Å². The lowest BCUT2D eigenvalue weighted by Gasteiger charge is -2.35. The van der Waals surface area contributed by atoms with Crippen LogP contribution in [-0.2, 0) is 14.3 Å². The third kappa shape index (κ3) is 3.44. The number of benzene rings is 1. The van der Waals surface area contributed by atoms with E-state index in [0.29, 0.717) is 19.3 Å². The number of rotatable bonds is 4. The van der Waals surface area contributed by atoms with Crippen molar-refractivity contribution in [3.05, 3.63) is 35.9 Å². The molecule has 6 nitrogen and oxygen atoms in total. The van der Waals surface area contributed by atoms with E-state index < -0.39 is 5.54 Å². The zero-order chi connectivity index (χ0) is 17.0. The van der Waals surface area contributed by atoms with E-state index in [1.807, 2.05) is 30.3 Å². The lowest BCUT2D eigenvalue weighted by molar-refractivity contribution is -0.152. The van der Waals surface area contributed by atoms with Gasteiger partial charge < -0.3 is 10.1 Å². The highest BCUT2D eigenvalue weighted by molar-refractivity contribution is 5.90. The minimum absolute atomic E-state index is 0.0855. The zero-order valence-corrected chi connectivity index (χ0v) is 14.0. The number of esters is 1. The Labute approximate surface area is 142 Å². The van der Waals surface area contributed by atoms with E-state index in [9.17, 15) is 9.59 Å². The van der Waals surface area contributed by atoms with Gasteiger partial charge in [0.25, 0.3) is 0 Å². The summed E-state index contributed by atoms with van der Waals surface area (Å²) in [6, 6.07) is 9.74. The molecule has 130 valence electrons. The lowest BCUT2D eigenvalue weighted by Crippen LogP contribution is -2.59. The van der Waals surface area contributed by atoms with Crippen LogP contribution in [0, 0.1) is 0 Å². The SMILES string of the molecule is COC(=O)C1(NC(=O)C2CC(c3ccccc3)NN2)CCCCC1. The second kappa shape index (κ2) is 7.32. The van der Waals surface area contributed by atoms with Crippen molar-refractivity contribution < 1.29 is 14.3 Å². The van der Waals surface area contributed by atoms with Crippen molar-refractivity contribution in [2.45, 2.75) is 56.1 Å². The van der Waals surface area contributed by atoms with Gasteiger partial charge in [-0.2, -0.15) is 0 Å². The van der Waals surface area contributed by atoms with E-state index in [1.54, 1.807) is 0 Å². The van der Waals surface area contributed by atoms with Crippen LogP contribution in [-0.4, -0.2) is 30.6 Å². The standard InChI is InChI=1S/C18H25N3O3/c1-24-17(23)18(10-6-3-7-11-18)19-16(22)15-12-14(20-21-15)13-8-4-2-5-9-13/h2,4-5,8-9,14-15,20-21H,3,6-7,10-12H2,1H3,(H,19,22). The van der Waals surface area contributed by atoms with E-state index in [2.05, 4.69) is 16.2 Å². The number of hydrogen-bond acceptors (Lipinski definition) is 5. The summed E-state index contributed by atoms with van der Waals surface area (Å²) < 4.78 is 4.96. The number of methoxy groups -OCH3 is 1. The number of nitrogens with one attached hydrogen (secondary N) is 3. The fraction of sp³-hybridized carbons (Fsp3) is 0.556. The first-order valence-electron chi connectivity index (χ1n) is 8.61. The molecule has 0 bridgehead atoms. The molecule has 1 saturated heterocycles. The van der Waals surface area contributed by atoms with Gasteiger partial charge in [-0.25, -0.2) is 15.6 Å². The fourth-order valence-corrected chi connectivity index (χ4v) is 3.69. The highest BCUT2D eigenvalue weighted by Gasteiger charge is 2.44. The maximum absolute atomic E-state index is 12.7. The van der Waals surface area contributed by atoms with Gasteiger partial charge in [-0.05, 0) is 24.8 Å². The molecule has 3 N–H and O–H groups in total. The number of carbonyl (C=O) groups is 2. The second-order valence-corrected chi connectivity index (χ2v) is 6.66. The van der Waals surface area contributed by atoms with E-state index >= 15 is 0 Å². The molecule has 24 heavy (non-hydrogen) atoms. The molecule has 1 aromatic carbocycles. The summed E-state index contributed by atoms with van der Waals surface area (Å²) in [5.74, 6) is -0.477. The number of hydrogen-bond donors (Lipinski definition) is 3. The van der Waals surface area contributed by atoms with Crippen LogP contribution >= 0.6 is 0 Å². The number of amides is 1. The summed E-state index contributed by atoms with van der Waals surface area (Å²) >= 11 is 0. The Hall–Kier alpha value is -1.92. The van der Waals surface area contributed by atoms with Crippen molar-refractivity contribution >= 4 is 11.9 Å². The Morgan fingerprint density at radius 3 is 2.50 bits per heavy atom. The lowest BCUT2D eigenvalue weighted by atomic mass is 9.81. The average molecular weight is 331 g/mol. The molecule has 1 aromatic rings. The molecule has 1 amide bonds. The number of hydrazine groups is 1. The Balaban J connectivity index is 1.65. The maximum atomic E-state index is 12.7. The predicted octanol–water partition coefficient (Wildman–Crippen LogP) is 1.59.